The Kier molecular flexibility index (Phi) is 5.29. The lowest BCUT2D eigenvalue weighted by Gasteiger charge is -2.34. The molecule has 1 aliphatic rings. The highest BCUT2D eigenvalue weighted by Crippen LogP contribution is 2.14. The number of carbonyl (C=O) groups excluding carboxylic acids is 2. The summed E-state index contributed by atoms with van der Waals surface area (Å²) in [5, 5.41) is 11.6. The van der Waals surface area contributed by atoms with Gasteiger partial charge in [-0.2, -0.15) is 5.10 Å². The van der Waals surface area contributed by atoms with E-state index in [0.717, 1.165) is 5.56 Å². The van der Waals surface area contributed by atoms with E-state index in [1.54, 1.807) is 12.5 Å². The van der Waals surface area contributed by atoms with Gasteiger partial charge in [0.1, 0.15) is 5.82 Å². The minimum absolute atomic E-state index is 0.0702. The van der Waals surface area contributed by atoms with Gasteiger partial charge in [0.2, 0.25) is 11.8 Å². The molecule has 0 spiro atoms. The monoisotopic (exact) mass is 348 g/mol. The quantitative estimate of drug-likeness (QED) is 0.493. The second-order valence-electron chi connectivity index (χ2n) is 5.84. The molecular weight excluding hydrogens is 328 g/mol. The summed E-state index contributed by atoms with van der Waals surface area (Å²) in [5.74, 6) is 0.0981. The highest BCUT2D eigenvalue weighted by atomic mass is 16.3. The zero-order valence-electron chi connectivity index (χ0n) is 13.6. The predicted octanol–water partition coefficient (Wildman–Crippen LogP) is -1.26. The molecule has 1 aliphatic heterocycles. The fourth-order valence-corrected chi connectivity index (χ4v) is 2.78. The maximum absolute atomic E-state index is 12.2. The molecule has 10 heteroatoms. The van der Waals surface area contributed by atoms with Crippen molar-refractivity contribution in [2.75, 3.05) is 19.6 Å². The summed E-state index contributed by atoms with van der Waals surface area (Å²) in [4.78, 5) is 39.7. The summed E-state index contributed by atoms with van der Waals surface area (Å²) in [6.07, 6.45) is 3.69. The van der Waals surface area contributed by atoms with Gasteiger partial charge in [0.15, 0.2) is 0 Å². The van der Waals surface area contributed by atoms with Gasteiger partial charge >= 0.3 is 5.69 Å². The molecule has 0 radical (unpaired) electrons. The van der Waals surface area contributed by atoms with Gasteiger partial charge in [-0.3, -0.25) is 19.5 Å². The molecule has 4 N–H and O–H groups in total. The minimum atomic E-state index is -0.520. The Hall–Kier alpha value is -2.88. The topological polar surface area (TPSA) is 136 Å². The molecule has 0 saturated carbocycles. The van der Waals surface area contributed by atoms with Gasteiger partial charge in [0, 0.05) is 38.2 Å². The van der Waals surface area contributed by atoms with Crippen LogP contribution in [0, 0.1) is 0 Å². The maximum Gasteiger partial charge on any atom is 0.340 e. The molecule has 1 atom stereocenters. The lowest BCUT2D eigenvalue weighted by molar-refractivity contribution is -0.134. The van der Waals surface area contributed by atoms with Gasteiger partial charge in [0.25, 0.3) is 0 Å². The number of aromatic nitrogens is 3. The van der Waals surface area contributed by atoms with E-state index >= 15 is 0 Å². The molecule has 1 unspecified atom stereocenters. The SMILES string of the molecule is O=C(CC1C(=O)NCCN1Cc1ccoc1)NCCc1n[nH]c(=O)[nH]1. The van der Waals surface area contributed by atoms with Crippen molar-refractivity contribution in [2.24, 2.45) is 0 Å². The van der Waals surface area contributed by atoms with Crippen LogP contribution in [0.5, 0.6) is 0 Å². The number of aromatic amines is 2. The molecule has 2 aromatic heterocycles. The van der Waals surface area contributed by atoms with Crippen molar-refractivity contribution in [1.82, 2.24) is 30.7 Å². The zero-order chi connectivity index (χ0) is 17.6. The average molecular weight is 348 g/mol. The van der Waals surface area contributed by atoms with Crippen molar-refractivity contribution < 1.29 is 14.0 Å². The minimum Gasteiger partial charge on any atom is -0.472 e. The van der Waals surface area contributed by atoms with Crippen molar-refractivity contribution in [3.05, 3.63) is 40.5 Å². The summed E-state index contributed by atoms with van der Waals surface area (Å²) in [7, 11) is 0. The third kappa shape index (κ3) is 4.57. The molecule has 134 valence electrons. The number of piperazine rings is 1. The Bertz CT molecular complexity index is 765. The predicted molar refractivity (Wildman–Crippen MR) is 86.5 cm³/mol. The van der Waals surface area contributed by atoms with Crippen LogP contribution >= 0.6 is 0 Å². The normalized spacial score (nSPS) is 18.1. The van der Waals surface area contributed by atoms with E-state index in [1.165, 1.54) is 0 Å². The molecular formula is C15H20N6O4. The van der Waals surface area contributed by atoms with Gasteiger partial charge in [-0.25, -0.2) is 9.89 Å². The first-order valence-corrected chi connectivity index (χ1v) is 8.05. The Morgan fingerprint density at radius 2 is 2.32 bits per heavy atom. The van der Waals surface area contributed by atoms with Gasteiger partial charge in [-0.15, -0.1) is 0 Å². The third-order valence-corrected chi connectivity index (χ3v) is 4.02. The molecule has 3 rings (SSSR count). The van der Waals surface area contributed by atoms with Crippen LogP contribution in [-0.4, -0.2) is 57.6 Å². The number of hydrogen-bond donors (Lipinski definition) is 4. The van der Waals surface area contributed by atoms with E-state index in [9.17, 15) is 14.4 Å². The number of carbonyl (C=O) groups is 2. The van der Waals surface area contributed by atoms with Crippen LogP contribution in [0.25, 0.3) is 0 Å². The Morgan fingerprint density at radius 1 is 1.44 bits per heavy atom. The lowest BCUT2D eigenvalue weighted by atomic mass is 10.1. The summed E-state index contributed by atoms with van der Waals surface area (Å²) < 4.78 is 5.06. The fourth-order valence-electron chi connectivity index (χ4n) is 2.78. The van der Waals surface area contributed by atoms with Crippen molar-refractivity contribution in [2.45, 2.75) is 25.4 Å². The number of nitrogens with zero attached hydrogens (tertiary/aromatic N) is 2. The largest absolute Gasteiger partial charge is 0.472 e. The standard InChI is InChI=1S/C15H20N6O4/c22-13(16-3-1-12-18-15(24)20-19-12)7-11-14(23)17-4-5-21(11)8-10-2-6-25-9-10/h2,6,9,11H,1,3-5,7-8H2,(H,16,22)(H,17,23)(H2,18,19,20,24). The van der Waals surface area contributed by atoms with Crippen LogP contribution in [0.4, 0.5) is 0 Å². The summed E-state index contributed by atoms with van der Waals surface area (Å²) in [5.41, 5.74) is 0.581. The summed E-state index contributed by atoms with van der Waals surface area (Å²) in [6.45, 7) is 2.11. The smallest absolute Gasteiger partial charge is 0.340 e. The number of rotatable bonds is 7. The van der Waals surface area contributed by atoms with Gasteiger partial charge in [-0.1, -0.05) is 0 Å². The van der Waals surface area contributed by atoms with E-state index < -0.39 is 6.04 Å². The number of amides is 2. The average Bonchev–Trinajstić information content (AvgIpc) is 3.23. The highest BCUT2D eigenvalue weighted by Gasteiger charge is 2.31. The maximum atomic E-state index is 12.2. The summed E-state index contributed by atoms with van der Waals surface area (Å²) >= 11 is 0. The first-order valence-electron chi connectivity index (χ1n) is 8.05. The Labute approximate surface area is 143 Å². The van der Waals surface area contributed by atoms with Gasteiger partial charge in [0.05, 0.1) is 25.0 Å². The number of furan rings is 1. The van der Waals surface area contributed by atoms with Crippen LogP contribution in [0.2, 0.25) is 0 Å². The van der Waals surface area contributed by atoms with Gasteiger partial charge < -0.3 is 15.1 Å². The van der Waals surface area contributed by atoms with E-state index in [-0.39, 0.29) is 23.9 Å². The lowest BCUT2D eigenvalue weighted by Crippen LogP contribution is -2.56. The number of hydrogen-bond acceptors (Lipinski definition) is 6. The third-order valence-electron chi connectivity index (χ3n) is 4.02. The van der Waals surface area contributed by atoms with Crippen molar-refractivity contribution >= 4 is 11.8 Å². The fraction of sp³-hybridized carbons (Fsp3) is 0.467. The van der Waals surface area contributed by atoms with Crippen LogP contribution in [0.1, 0.15) is 17.8 Å². The molecule has 2 aromatic rings. The Morgan fingerprint density at radius 3 is 3.04 bits per heavy atom. The van der Waals surface area contributed by atoms with Crippen molar-refractivity contribution in [3.8, 4) is 0 Å². The Balaban J connectivity index is 1.51. The van der Waals surface area contributed by atoms with Crippen LogP contribution < -0.4 is 16.3 Å². The second-order valence-corrected chi connectivity index (χ2v) is 5.84. The first kappa shape index (κ1) is 17.0. The molecule has 1 fully saturated rings. The molecule has 1 saturated heterocycles. The van der Waals surface area contributed by atoms with E-state index in [1.807, 2.05) is 11.0 Å². The van der Waals surface area contributed by atoms with Crippen LogP contribution in [-0.2, 0) is 22.6 Å². The molecule has 0 aromatic carbocycles. The van der Waals surface area contributed by atoms with Gasteiger partial charge in [-0.05, 0) is 6.07 Å². The number of H-pyrrole nitrogens is 2. The zero-order valence-corrected chi connectivity index (χ0v) is 13.6. The number of nitrogens with one attached hydrogen (secondary N) is 4. The molecule has 0 bridgehead atoms. The summed E-state index contributed by atoms with van der Waals surface area (Å²) in [6, 6.07) is 1.32. The van der Waals surface area contributed by atoms with E-state index in [2.05, 4.69) is 25.8 Å². The molecule has 2 amide bonds. The highest BCUT2D eigenvalue weighted by molar-refractivity contribution is 5.88. The van der Waals surface area contributed by atoms with E-state index in [4.69, 9.17) is 4.42 Å². The van der Waals surface area contributed by atoms with Crippen LogP contribution in [0.15, 0.2) is 27.8 Å². The van der Waals surface area contributed by atoms with Crippen molar-refractivity contribution in [3.63, 3.8) is 0 Å². The second kappa shape index (κ2) is 7.79. The molecule has 10 nitrogen and oxygen atoms in total. The van der Waals surface area contributed by atoms with Crippen molar-refractivity contribution in [1.29, 1.82) is 0 Å². The molecule has 3 heterocycles. The van der Waals surface area contributed by atoms with Crippen LogP contribution in [0.3, 0.4) is 0 Å². The molecule has 25 heavy (non-hydrogen) atoms. The first-order chi connectivity index (χ1) is 12.1. The molecule has 0 aliphatic carbocycles. The van der Waals surface area contributed by atoms with E-state index in [0.29, 0.717) is 38.4 Å².